The van der Waals surface area contributed by atoms with E-state index in [-0.39, 0.29) is 11.9 Å². The number of hydrogen-bond donors (Lipinski definition) is 1. The number of carbonyl (C=O) groups excluding carboxylic acids is 1. The Kier molecular flexibility index (Phi) is 4.54. The first-order chi connectivity index (χ1) is 9.52. The van der Waals surface area contributed by atoms with E-state index in [0.717, 1.165) is 17.1 Å². The van der Waals surface area contributed by atoms with E-state index in [0.29, 0.717) is 11.6 Å². The summed E-state index contributed by atoms with van der Waals surface area (Å²) in [6, 6.07) is 1.88. The van der Waals surface area contributed by atoms with Gasteiger partial charge in [0.15, 0.2) is 0 Å². The number of carbonyl (C=O) groups is 1. The van der Waals surface area contributed by atoms with Gasteiger partial charge in [-0.05, 0) is 12.5 Å². The molecule has 2 rings (SSSR count). The van der Waals surface area contributed by atoms with Crippen LogP contribution in [0.25, 0.3) is 0 Å². The van der Waals surface area contributed by atoms with Gasteiger partial charge < -0.3 is 5.32 Å². The first-order valence-electron chi connectivity index (χ1n) is 6.77. The maximum absolute atomic E-state index is 12.3. The van der Waals surface area contributed by atoms with Crippen LogP contribution in [0.2, 0.25) is 0 Å². The predicted octanol–water partition coefficient (Wildman–Crippen LogP) is 2.88. The third-order valence-electron chi connectivity index (χ3n) is 3.18. The highest BCUT2D eigenvalue weighted by molar-refractivity contribution is 7.09. The SMILES string of the molecule is CC[C@@H](NC(=O)c1csc(C(C)C)n1)c1ccnn1C. The largest absolute Gasteiger partial charge is 0.342 e. The van der Waals surface area contributed by atoms with E-state index in [4.69, 9.17) is 0 Å². The molecule has 0 aliphatic carbocycles. The summed E-state index contributed by atoms with van der Waals surface area (Å²) < 4.78 is 1.79. The van der Waals surface area contributed by atoms with Gasteiger partial charge >= 0.3 is 0 Å². The van der Waals surface area contributed by atoms with Gasteiger partial charge in [0.05, 0.1) is 16.7 Å². The van der Waals surface area contributed by atoms with E-state index in [1.54, 1.807) is 10.9 Å². The fourth-order valence-electron chi connectivity index (χ4n) is 2.00. The number of hydrogen-bond acceptors (Lipinski definition) is 4. The summed E-state index contributed by atoms with van der Waals surface area (Å²) in [6.45, 7) is 6.19. The first-order valence-corrected chi connectivity index (χ1v) is 7.65. The maximum Gasteiger partial charge on any atom is 0.271 e. The number of nitrogens with one attached hydrogen (secondary N) is 1. The van der Waals surface area contributed by atoms with Crippen LogP contribution in [0.3, 0.4) is 0 Å². The van der Waals surface area contributed by atoms with Crippen LogP contribution in [0.15, 0.2) is 17.6 Å². The highest BCUT2D eigenvalue weighted by Gasteiger charge is 2.19. The number of rotatable bonds is 5. The van der Waals surface area contributed by atoms with Crippen molar-refractivity contribution in [3.05, 3.63) is 34.0 Å². The minimum absolute atomic E-state index is 0.0424. The van der Waals surface area contributed by atoms with Gasteiger partial charge in [0.2, 0.25) is 0 Å². The summed E-state index contributed by atoms with van der Waals surface area (Å²) in [6.07, 6.45) is 2.55. The zero-order valence-corrected chi connectivity index (χ0v) is 13.1. The average molecular weight is 292 g/mol. The summed E-state index contributed by atoms with van der Waals surface area (Å²) in [5.41, 5.74) is 1.50. The van der Waals surface area contributed by atoms with E-state index in [1.165, 1.54) is 11.3 Å². The molecule has 1 atom stereocenters. The molecular weight excluding hydrogens is 272 g/mol. The van der Waals surface area contributed by atoms with Crippen LogP contribution in [0.5, 0.6) is 0 Å². The minimum Gasteiger partial charge on any atom is -0.342 e. The van der Waals surface area contributed by atoms with Crippen molar-refractivity contribution in [1.82, 2.24) is 20.1 Å². The third-order valence-corrected chi connectivity index (χ3v) is 4.32. The van der Waals surface area contributed by atoms with Crippen LogP contribution < -0.4 is 5.32 Å². The lowest BCUT2D eigenvalue weighted by atomic mass is 10.1. The lowest BCUT2D eigenvalue weighted by Gasteiger charge is -2.16. The van der Waals surface area contributed by atoms with Crippen LogP contribution >= 0.6 is 11.3 Å². The van der Waals surface area contributed by atoms with Crippen molar-refractivity contribution in [2.45, 2.75) is 39.2 Å². The normalized spacial score (nSPS) is 12.7. The van der Waals surface area contributed by atoms with Crippen molar-refractivity contribution >= 4 is 17.2 Å². The molecule has 108 valence electrons. The Morgan fingerprint density at radius 2 is 2.25 bits per heavy atom. The van der Waals surface area contributed by atoms with Crippen molar-refractivity contribution in [3.8, 4) is 0 Å². The molecule has 0 spiro atoms. The van der Waals surface area contributed by atoms with Gasteiger partial charge in [0, 0.05) is 24.5 Å². The summed E-state index contributed by atoms with van der Waals surface area (Å²) >= 11 is 1.53. The Bertz CT molecular complexity index is 588. The molecule has 2 aromatic rings. The second-order valence-corrected chi connectivity index (χ2v) is 5.93. The summed E-state index contributed by atoms with van der Waals surface area (Å²) in [4.78, 5) is 16.6. The Labute approximate surface area is 123 Å². The Hall–Kier alpha value is -1.69. The average Bonchev–Trinajstić information content (AvgIpc) is 3.04. The second kappa shape index (κ2) is 6.17. The van der Waals surface area contributed by atoms with E-state index in [2.05, 4.69) is 29.2 Å². The predicted molar refractivity (Wildman–Crippen MR) is 79.9 cm³/mol. The molecule has 5 nitrogen and oxygen atoms in total. The Balaban J connectivity index is 2.11. The molecule has 6 heteroatoms. The number of thiazole rings is 1. The molecule has 2 heterocycles. The van der Waals surface area contributed by atoms with Crippen LogP contribution in [0, 0.1) is 0 Å². The monoisotopic (exact) mass is 292 g/mol. The van der Waals surface area contributed by atoms with Gasteiger partial charge in [0.1, 0.15) is 5.69 Å². The zero-order valence-electron chi connectivity index (χ0n) is 12.3. The summed E-state index contributed by atoms with van der Waals surface area (Å²) in [5, 5.41) is 9.98. The Morgan fingerprint density at radius 3 is 2.75 bits per heavy atom. The van der Waals surface area contributed by atoms with Crippen molar-refractivity contribution in [2.75, 3.05) is 0 Å². The standard InChI is InChI=1S/C14H20N4OS/c1-5-10(12-6-7-15-18(12)4)16-13(19)11-8-20-14(17-11)9(2)3/h6-10H,5H2,1-4H3,(H,16,19)/t10-/m1/s1. The lowest BCUT2D eigenvalue weighted by Crippen LogP contribution is -2.29. The highest BCUT2D eigenvalue weighted by atomic mass is 32.1. The third kappa shape index (κ3) is 3.07. The Morgan fingerprint density at radius 1 is 1.50 bits per heavy atom. The lowest BCUT2D eigenvalue weighted by molar-refractivity contribution is 0.0929. The molecular formula is C14H20N4OS. The van der Waals surface area contributed by atoms with Crippen LogP contribution in [0.1, 0.15) is 60.3 Å². The van der Waals surface area contributed by atoms with E-state index < -0.39 is 0 Å². The molecule has 0 fully saturated rings. The van der Waals surface area contributed by atoms with Crippen LogP contribution in [0.4, 0.5) is 0 Å². The molecule has 0 saturated carbocycles. The maximum atomic E-state index is 12.3. The molecule has 0 saturated heterocycles. The van der Waals surface area contributed by atoms with E-state index >= 15 is 0 Å². The first kappa shape index (κ1) is 14.7. The molecule has 0 radical (unpaired) electrons. The van der Waals surface area contributed by atoms with Crippen molar-refractivity contribution < 1.29 is 4.79 Å². The fraction of sp³-hybridized carbons (Fsp3) is 0.500. The molecule has 0 aromatic carbocycles. The van der Waals surface area contributed by atoms with Gasteiger partial charge in [-0.25, -0.2) is 4.98 Å². The van der Waals surface area contributed by atoms with Gasteiger partial charge in [-0.3, -0.25) is 9.48 Å². The number of aryl methyl sites for hydroxylation is 1. The van der Waals surface area contributed by atoms with Gasteiger partial charge in [-0.2, -0.15) is 5.10 Å². The van der Waals surface area contributed by atoms with Crippen molar-refractivity contribution in [2.24, 2.45) is 7.05 Å². The molecule has 0 bridgehead atoms. The molecule has 0 unspecified atom stereocenters. The topological polar surface area (TPSA) is 59.8 Å². The molecule has 2 aromatic heterocycles. The number of nitrogens with zero attached hydrogens (tertiary/aromatic N) is 3. The van der Waals surface area contributed by atoms with Crippen LogP contribution in [-0.4, -0.2) is 20.7 Å². The zero-order chi connectivity index (χ0) is 14.7. The van der Waals surface area contributed by atoms with Gasteiger partial charge in [-0.15, -0.1) is 11.3 Å². The van der Waals surface area contributed by atoms with E-state index in [1.807, 2.05) is 25.4 Å². The molecule has 20 heavy (non-hydrogen) atoms. The smallest absolute Gasteiger partial charge is 0.271 e. The fourth-order valence-corrected chi connectivity index (χ4v) is 2.82. The minimum atomic E-state index is -0.124. The molecule has 1 N–H and O–H groups in total. The molecule has 0 aliphatic rings. The van der Waals surface area contributed by atoms with E-state index in [9.17, 15) is 4.79 Å². The summed E-state index contributed by atoms with van der Waals surface area (Å²) in [7, 11) is 1.88. The molecule has 0 aliphatic heterocycles. The summed E-state index contributed by atoms with van der Waals surface area (Å²) in [5.74, 6) is 0.224. The van der Waals surface area contributed by atoms with Gasteiger partial charge in [0.25, 0.3) is 5.91 Å². The van der Waals surface area contributed by atoms with Crippen molar-refractivity contribution in [1.29, 1.82) is 0 Å². The quantitative estimate of drug-likeness (QED) is 0.921. The highest BCUT2D eigenvalue weighted by Crippen LogP contribution is 2.20. The molecule has 1 amide bonds. The number of amides is 1. The van der Waals surface area contributed by atoms with Gasteiger partial charge in [-0.1, -0.05) is 20.8 Å². The van der Waals surface area contributed by atoms with Crippen LogP contribution in [-0.2, 0) is 7.05 Å². The van der Waals surface area contributed by atoms with Crippen molar-refractivity contribution in [3.63, 3.8) is 0 Å². The second-order valence-electron chi connectivity index (χ2n) is 5.04. The number of aromatic nitrogens is 3.